The molecule has 3 aromatic rings. The fraction of sp³-hybridized carbons (Fsp3) is 0.148. The van der Waals surface area contributed by atoms with Crippen LogP contribution >= 0.6 is 0 Å². The lowest BCUT2D eigenvalue weighted by atomic mass is 9.95. The van der Waals surface area contributed by atoms with Gasteiger partial charge in [-0.2, -0.15) is 5.26 Å². The van der Waals surface area contributed by atoms with Gasteiger partial charge in [0.05, 0.1) is 25.3 Å². The minimum absolute atomic E-state index is 0.516. The zero-order valence-electron chi connectivity index (χ0n) is 18.1. The first kappa shape index (κ1) is 21.1. The molecule has 1 aliphatic heterocycles. The lowest BCUT2D eigenvalue weighted by Gasteiger charge is -2.19. The Morgan fingerprint density at radius 2 is 1.66 bits per heavy atom. The van der Waals surface area contributed by atoms with Crippen molar-refractivity contribution in [1.29, 1.82) is 5.26 Å². The molecule has 1 aliphatic rings. The van der Waals surface area contributed by atoms with E-state index in [-0.39, 0.29) is 0 Å². The minimum atomic E-state index is 0.516. The number of ether oxygens (including phenoxy) is 4. The first-order valence-electron chi connectivity index (χ1n) is 10.2. The molecule has 0 fully saturated rings. The topological polar surface area (TPSA) is 60.7 Å². The minimum Gasteiger partial charge on any atom is -0.496 e. The Morgan fingerprint density at radius 3 is 2.31 bits per heavy atom. The first-order valence-corrected chi connectivity index (χ1v) is 10.2. The van der Waals surface area contributed by atoms with Gasteiger partial charge < -0.3 is 18.9 Å². The molecule has 5 heteroatoms. The summed E-state index contributed by atoms with van der Waals surface area (Å²) in [5, 5.41) is 9.94. The Bertz CT molecular complexity index is 1210. The van der Waals surface area contributed by atoms with E-state index in [4.69, 9.17) is 18.9 Å². The number of hydrogen-bond donors (Lipinski definition) is 0. The van der Waals surface area contributed by atoms with Crippen LogP contribution in [0.15, 0.2) is 55.1 Å². The van der Waals surface area contributed by atoms with Crippen molar-refractivity contribution in [3.05, 3.63) is 77.4 Å². The molecule has 0 bridgehead atoms. The third kappa shape index (κ3) is 4.03. The average molecular weight is 425 g/mol. The molecule has 0 atom stereocenters. The van der Waals surface area contributed by atoms with Gasteiger partial charge in [-0.1, -0.05) is 49.1 Å². The molecule has 4 rings (SSSR count). The highest BCUT2D eigenvalue weighted by molar-refractivity contribution is 5.82. The number of fused-ring (bicyclic) bond motifs is 1. The van der Waals surface area contributed by atoms with Crippen LogP contribution in [0.5, 0.6) is 23.0 Å². The van der Waals surface area contributed by atoms with Gasteiger partial charge in [0.15, 0.2) is 11.5 Å². The van der Waals surface area contributed by atoms with Crippen LogP contribution in [0.3, 0.4) is 0 Å². The number of nitrogens with zero attached hydrogens (tertiary/aromatic N) is 1. The summed E-state index contributed by atoms with van der Waals surface area (Å²) in [4.78, 5) is 0. The van der Waals surface area contributed by atoms with Gasteiger partial charge in [0.1, 0.15) is 30.8 Å². The summed E-state index contributed by atoms with van der Waals surface area (Å²) in [6, 6.07) is 17.7. The van der Waals surface area contributed by atoms with Gasteiger partial charge in [0, 0.05) is 5.56 Å². The standard InChI is InChI=1S/C27H23NO4/c1-4-21-25(29-2)14-18(15-26(21)30-3)8-9-19-6-5-7-22(23(19)17-28)20-10-11-24-27(16-20)32-13-12-31-24/h4-11,14-16H,1,12-13H2,2-3H3/b9-8+. The predicted octanol–water partition coefficient (Wildman–Crippen LogP) is 5.83. The van der Waals surface area contributed by atoms with Crippen molar-refractivity contribution in [1.82, 2.24) is 0 Å². The average Bonchev–Trinajstić information content (AvgIpc) is 2.85. The molecular formula is C27H23NO4. The summed E-state index contributed by atoms with van der Waals surface area (Å²) < 4.78 is 22.3. The van der Waals surface area contributed by atoms with Crippen LogP contribution < -0.4 is 18.9 Å². The van der Waals surface area contributed by atoms with Crippen molar-refractivity contribution in [2.24, 2.45) is 0 Å². The highest BCUT2D eigenvalue weighted by atomic mass is 16.6. The molecule has 0 radical (unpaired) electrons. The van der Waals surface area contributed by atoms with E-state index in [0.717, 1.165) is 33.6 Å². The quantitative estimate of drug-likeness (QED) is 0.465. The molecule has 0 spiro atoms. The van der Waals surface area contributed by atoms with E-state index in [0.29, 0.717) is 36.0 Å². The first-order chi connectivity index (χ1) is 15.7. The van der Waals surface area contributed by atoms with E-state index < -0.39 is 0 Å². The van der Waals surface area contributed by atoms with Crippen LogP contribution in [0.4, 0.5) is 0 Å². The summed E-state index contributed by atoms with van der Waals surface area (Å²) in [5.74, 6) is 2.76. The second-order valence-electron chi connectivity index (χ2n) is 7.12. The SMILES string of the molecule is C=Cc1c(OC)cc(/C=C/c2cccc(-c3ccc4c(c3)OCCO4)c2C#N)cc1OC. The molecule has 1 heterocycles. The maximum atomic E-state index is 9.94. The van der Waals surface area contributed by atoms with Crippen LogP contribution in [0.1, 0.15) is 22.3 Å². The van der Waals surface area contributed by atoms with Crippen molar-refractivity contribution in [3.8, 4) is 40.2 Å². The maximum absolute atomic E-state index is 9.94. The Labute approximate surface area is 187 Å². The van der Waals surface area contributed by atoms with Crippen LogP contribution in [0, 0.1) is 11.3 Å². The summed E-state index contributed by atoms with van der Waals surface area (Å²) in [5.41, 5.74) is 4.82. The van der Waals surface area contributed by atoms with Gasteiger partial charge in [-0.3, -0.25) is 0 Å². The highest BCUT2D eigenvalue weighted by Crippen LogP contribution is 2.37. The Balaban J connectivity index is 1.73. The third-order valence-electron chi connectivity index (χ3n) is 5.29. The highest BCUT2D eigenvalue weighted by Gasteiger charge is 2.15. The fourth-order valence-corrected chi connectivity index (χ4v) is 3.73. The monoisotopic (exact) mass is 425 g/mol. The van der Waals surface area contributed by atoms with Crippen molar-refractivity contribution in [2.75, 3.05) is 27.4 Å². The van der Waals surface area contributed by atoms with E-state index in [1.54, 1.807) is 20.3 Å². The zero-order chi connectivity index (χ0) is 22.5. The van der Waals surface area contributed by atoms with Crippen LogP contribution in [-0.4, -0.2) is 27.4 Å². The molecule has 3 aromatic carbocycles. The fourth-order valence-electron chi connectivity index (χ4n) is 3.73. The van der Waals surface area contributed by atoms with Crippen molar-refractivity contribution in [3.63, 3.8) is 0 Å². The lowest BCUT2D eigenvalue weighted by Crippen LogP contribution is -2.15. The summed E-state index contributed by atoms with van der Waals surface area (Å²) >= 11 is 0. The van der Waals surface area contributed by atoms with Crippen molar-refractivity contribution < 1.29 is 18.9 Å². The van der Waals surface area contributed by atoms with Crippen LogP contribution in [0.2, 0.25) is 0 Å². The molecule has 0 saturated carbocycles. The van der Waals surface area contributed by atoms with E-state index >= 15 is 0 Å². The Morgan fingerprint density at radius 1 is 0.938 bits per heavy atom. The second-order valence-corrected chi connectivity index (χ2v) is 7.12. The molecular weight excluding hydrogens is 402 g/mol. The molecule has 5 nitrogen and oxygen atoms in total. The molecule has 0 N–H and O–H groups in total. The largest absolute Gasteiger partial charge is 0.496 e. The molecule has 0 aliphatic carbocycles. The summed E-state index contributed by atoms with van der Waals surface area (Å²) in [6.07, 6.45) is 5.55. The summed E-state index contributed by atoms with van der Waals surface area (Å²) in [7, 11) is 3.22. The zero-order valence-corrected chi connectivity index (χ0v) is 18.1. The third-order valence-corrected chi connectivity index (χ3v) is 5.29. The molecule has 160 valence electrons. The number of rotatable bonds is 6. The normalized spacial score (nSPS) is 12.3. The Hall–Kier alpha value is -4.17. The number of nitriles is 1. The van der Waals surface area contributed by atoms with E-state index in [1.807, 2.05) is 60.7 Å². The molecule has 0 saturated heterocycles. The van der Waals surface area contributed by atoms with Crippen LogP contribution in [0.25, 0.3) is 29.4 Å². The van der Waals surface area contributed by atoms with Gasteiger partial charge >= 0.3 is 0 Å². The van der Waals surface area contributed by atoms with E-state index in [2.05, 4.69) is 12.6 Å². The molecule has 0 amide bonds. The van der Waals surface area contributed by atoms with Crippen molar-refractivity contribution in [2.45, 2.75) is 0 Å². The number of benzene rings is 3. The predicted molar refractivity (Wildman–Crippen MR) is 126 cm³/mol. The van der Waals surface area contributed by atoms with Gasteiger partial charge in [-0.25, -0.2) is 0 Å². The van der Waals surface area contributed by atoms with Gasteiger partial charge in [-0.15, -0.1) is 0 Å². The van der Waals surface area contributed by atoms with Crippen LogP contribution in [-0.2, 0) is 0 Å². The molecule has 0 aromatic heterocycles. The van der Waals surface area contributed by atoms with Gasteiger partial charge in [0.25, 0.3) is 0 Å². The number of hydrogen-bond acceptors (Lipinski definition) is 5. The molecule has 0 unspecified atom stereocenters. The van der Waals surface area contributed by atoms with E-state index in [9.17, 15) is 5.26 Å². The molecule has 32 heavy (non-hydrogen) atoms. The second kappa shape index (κ2) is 9.32. The lowest BCUT2D eigenvalue weighted by molar-refractivity contribution is 0.171. The van der Waals surface area contributed by atoms with E-state index in [1.165, 1.54) is 0 Å². The summed E-state index contributed by atoms with van der Waals surface area (Å²) in [6.45, 7) is 4.89. The maximum Gasteiger partial charge on any atom is 0.161 e. The van der Waals surface area contributed by atoms with Crippen molar-refractivity contribution >= 4 is 18.2 Å². The smallest absolute Gasteiger partial charge is 0.161 e. The Kier molecular flexibility index (Phi) is 6.14. The van der Waals surface area contributed by atoms with Gasteiger partial charge in [-0.05, 0) is 41.0 Å². The number of methoxy groups -OCH3 is 2. The van der Waals surface area contributed by atoms with Gasteiger partial charge in [0.2, 0.25) is 0 Å².